The maximum atomic E-state index is 2.51. The number of benzene rings is 1. The van der Waals surface area contributed by atoms with E-state index in [0.717, 1.165) is 13.1 Å². The van der Waals surface area contributed by atoms with E-state index in [4.69, 9.17) is 0 Å². The molecule has 0 bridgehead atoms. The molecule has 0 amide bonds. The van der Waals surface area contributed by atoms with Crippen LogP contribution in [0.4, 0.5) is 5.69 Å². The third kappa shape index (κ3) is 3.01. The summed E-state index contributed by atoms with van der Waals surface area (Å²) in [5, 5.41) is 0. The zero-order valence-electron chi connectivity index (χ0n) is 11.4. The van der Waals surface area contributed by atoms with Crippen LogP contribution in [0.1, 0.15) is 24.5 Å². The number of hydrogen-bond acceptors (Lipinski definition) is 2. The van der Waals surface area contributed by atoms with E-state index in [2.05, 4.69) is 48.9 Å². The van der Waals surface area contributed by atoms with Crippen molar-refractivity contribution in [3.63, 3.8) is 0 Å². The van der Waals surface area contributed by atoms with Crippen LogP contribution < -0.4 is 4.90 Å². The predicted molar refractivity (Wildman–Crippen MR) is 74.9 cm³/mol. The van der Waals surface area contributed by atoms with E-state index in [1.165, 1.54) is 42.7 Å². The molecule has 0 saturated carbocycles. The zero-order chi connectivity index (χ0) is 12.3. The Kier molecular flexibility index (Phi) is 4.06. The van der Waals surface area contributed by atoms with E-state index < -0.39 is 0 Å². The van der Waals surface area contributed by atoms with Crippen LogP contribution >= 0.6 is 0 Å². The molecule has 2 heteroatoms. The summed E-state index contributed by atoms with van der Waals surface area (Å²) in [6.07, 6.45) is 2.43. The van der Waals surface area contributed by atoms with Crippen molar-refractivity contribution in [3.05, 3.63) is 29.3 Å². The Morgan fingerprint density at radius 2 is 1.82 bits per heavy atom. The van der Waals surface area contributed by atoms with Gasteiger partial charge in [-0.3, -0.25) is 0 Å². The molecule has 1 heterocycles. The summed E-state index contributed by atoms with van der Waals surface area (Å²) >= 11 is 0. The van der Waals surface area contributed by atoms with Crippen molar-refractivity contribution in [2.45, 2.75) is 26.7 Å². The number of hydrogen-bond donors (Lipinski definition) is 0. The Hall–Kier alpha value is -1.02. The van der Waals surface area contributed by atoms with Gasteiger partial charge in [-0.15, -0.1) is 0 Å². The molecule has 0 aliphatic carbocycles. The molecular weight excluding hydrogens is 208 g/mol. The van der Waals surface area contributed by atoms with Gasteiger partial charge in [0.25, 0.3) is 0 Å². The number of aryl methyl sites for hydroxylation is 2. The van der Waals surface area contributed by atoms with Gasteiger partial charge in [0.05, 0.1) is 0 Å². The summed E-state index contributed by atoms with van der Waals surface area (Å²) in [4.78, 5) is 4.91. The first-order valence-corrected chi connectivity index (χ1v) is 6.73. The van der Waals surface area contributed by atoms with Crippen molar-refractivity contribution in [1.82, 2.24) is 4.90 Å². The molecular formula is C15H24N2. The van der Waals surface area contributed by atoms with E-state index in [9.17, 15) is 0 Å². The molecule has 2 rings (SSSR count). The average molecular weight is 232 g/mol. The lowest BCUT2D eigenvalue weighted by Gasteiger charge is -2.34. The van der Waals surface area contributed by atoms with Gasteiger partial charge in [-0.1, -0.05) is 19.4 Å². The van der Waals surface area contributed by atoms with Crippen LogP contribution in [0.25, 0.3) is 0 Å². The molecule has 2 nitrogen and oxygen atoms in total. The van der Waals surface area contributed by atoms with Crippen LogP contribution in [0.5, 0.6) is 0 Å². The largest absolute Gasteiger partial charge is 0.369 e. The van der Waals surface area contributed by atoms with Crippen LogP contribution in [0.2, 0.25) is 0 Å². The second-order valence-electron chi connectivity index (χ2n) is 5.15. The maximum Gasteiger partial charge on any atom is 0.0370 e. The highest BCUT2D eigenvalue weighted by Crippen LogP contribution is 2.21. The summed E-state index contributed by atoms with van der Waals surface area (Å²) in [5.74, 6) is 0. The lowest BCUT2D eigenvalue weighted by molar-refractivity contribution is 0.313. The van der Waals surface area contributed by atoms with Crippen LogP contribution in [-0.2, 0) is 6.42 Å². The molecule has 0 N–H and O–H groups in total. The Morgan fingerprint density at radius 3 is 2.47 bits per heavy atom. The van der Waals surface area contributed by atoms with Gasteiger partial charge in [-0.25, -0.2) is 0 Å². The van der Waals surface area contributed by atoms with Crippen LogP contribution in [-0.4, -0.2) is 38.1 Å². The molecule has 1 aromatic carbocycles. The highest BCUT2D eigenvalue weighted by Gasteiger charge is 2.14. The fourth-order valence-corrected chi connectivity index (χ4v) is 2.46. The molecule has 94 valence electrons. The third-order valence-electron chi connectivity index (χ3n) is 3.72. The first-order valence-electron chi connectivity index (χ1n) is 6.73. The fraction of sp³-hybridized carbons (Fsp3) is 0.600. The van der Waals surface area contributed by atoms with Gasteiger partial charge in [0.2, 0.25) is 0 Å². The predicted octanol–water partition coefficient (Wildman–Crippen LogP) is 2.70. The van der Waals surface area contributed by atoms with Gasteiger partial charge in [-0.2, -0.15) is 0 Å². The molecule has 0 atom stereocenters. The SMILES string of the molecule is CCCc1cc(N2CCN(C)CC2)ccc1C. The first-order chi connectivity index (χ1) is 8.20. The fourth-order valence-electron chi connectivity index (χ4n) is 2.46. The highest BCUT2D eigenvalue weighted by atomic mass is 15.2. The van der Waals surface area contributed by atoms with Crippen LogP contribution in [0.15, 0.2) is 18.2 Å². The summed E-state index contributed by atoms with van der Waals surface area (Å²) in [6, 6.07) is 6.95. The van der Waals surface area contributed by atoms with Crippen molar-refractivity contribution in [2.24, 2.45) is 0 Å². The quantitative estimate of drug-likeness (QED) is 0.790. The van der Waals surface area contributed by atoms with E-state index in [1.54, 1.807) is 0 Å². The number of piperazine rings is 1. The first kappa shape index (κ1) is 12.4. The molecule has 0 unspecified atom stereocenters. The Bertz CT molecular complexity index is 365. The van der Waals surface area contributed by atoms with E-state index in [1.807, 2.05) is 0 Å². The summed E-state index contributed by atoms with van der Waals surface area (Å²) in [5.41, 5.74) is 4.36. The molecule has 1 fully saturated rings. The smallest absolute Gasteiger partial charge is 0.0370 e. The summed E-state index contributed by atoms with van der Waals surface area (Å²) < 4.78 is 0. The van der Waals surface area contributed by atoms with E-state index in [0.29, 0.717) is 0 Å². The van der Waals surface area contributed by atoms with E-state index in [-0.39, 0.29) is 0 Å². The van der Waals surface area contributed by atoms with Gasteiger partial charge >= 0.3 is 0 Å². The van der Waals surface area contributed by atoms with Crippen molar-refractivity contribution in [2.75, 3.05) is 38.1 Å². The van der Waals surface area contributed by atoms with Crippen molar-refractivity contribution in [1.29, 1.82) is 0 Å². The summed E-state index contributed by atoms with van der Waals surface area (Å²) in [7, 11) is 2.20. The van der Waals surface area contributed by atoms with Crippen molar-refractivity contribution in [3.8, 4) is 0 Å². The Morgan fingerprint density at radius 1 is 1.12 bits per heavy atom. The third-order valence-corrected chi connectivity index (χ3v) is 3.72. The van der Waals surface area contributed by atoms with Crippen LogP contribution in [0, 0.1) is 6.92 Å². The molecule has 0 radical (unpaired) electrons. The zero-order valence-corrected chi connectivity index (χ0v) is 11.4. The van der Waals surface area contributed by atoms with Gasteiger partial charge in [0.15, 0.2) is 0 Å². The highest BCUT2D eigenvalue weighted by molar-refractivity contribution is 5.51. The summed E-state index contributed by atoms with van der Waals surface area (Å²) in [6.45, 7) is 9.14. The molecule has 1 aromatic rings. The normalized spacial score (nSPS) is 17.5. The number of likely N-dealkylation sites (N-methyl/N-ethyl adjacent to an activating group) is 1. The van der Waals surface area contributed by atoms with Gasteiger partial charge in [0.1, 0.15) is 0 Å². The van der Waals surface area contributed by atoms with Crippen molar-refractivity contribution < 1.29 is 0 Å². The van der Waals surface area contributed by atoms with Gasteiger partial charge in [-0.05, 0) is 43.7 Å². The minimum Gasteiger partial charge on any atom is -0.369 e. The lowest BCUT2D eigenvalue weighted by atomic mass is 10.0. The second-order valence-corrected chi connectivity index (χ2v) is 5.15. The lowest BCUT2D eigenvalue weighted by Crippen LogP contribution is -2.44. The molecule has 0 aromatic heterocycles. The second kappa shape index (κ2) is 5.54. The monoisotopic (exact) mass is 232 g/mol. The molecule has 1 aliphatic heterocycles. The Balaban J connectivity index is 2.12. The van der Waals surface area contributed by atoms with Crippen LogP contribution in [0.3, 0.4) is 0 Å². The minimum absolute atomic E-state index is 1.16. The number of nitrogens with zero attached hydrogens (tertiary/aromatic N) is 2. The molecule has 1 aliphatic rings. The van der Waals surface area contributed by atoms with E-state index >= 15 is 0 Å². The minimum atomic E-state index is 1.16. The van der Waals surface area contributed by atoms with Gasteiger partial charge in [0, 0.05) is 31.9 Å². The molecule has 17 heavy (non-hydrogen) atoms. The molecule has 1 saturated heterocycles. The average Bonchev–Trinajstić information content (AvgIpc) is 2.33. The number of rotatable bonds is 3. The topological polar surface area (TPSA) is 6.48 Å². The maximum absolute atomic E-state index is 2.51. The standard InChI is InChI=1S/C15H24N2/c1-4-5-14-12-15(7-6-13(14)2)17-10-8-16(3)9-11-17/h6-7,12H,4-5,8-11H2,1-3H3. The van der Waals surface area contributed by atoms with Crippen molar-refractivity contribution >= 4 is 5.69 Å². The Labute approximate surface area is 105 Å². The number of anilines is 1. The molecule has 0 spiro atoms. The van der Waals surface area contributed by atoms with Gasteiger partial charge < -0.3 is 9.80 Å².